The number of carbonyl (C=O) groups is 3. The molecule has 4 N–H and O–H groups in total. The maximum Gasteiger partial charge on any atom is 0.329 e. The highest BCUT2D eigenvalue weighted by molar-refractivity contribution is 6.00. The number of benzene rings is 2. The Hall–Kier alpha value is -3.88. The number of hydrogen-bond acceptors (Lipinski definition) is 5. The average Bonchev–Trinajstić information content (AvgIpc) is 3.06. The standard InChI is InChI=1S/C25H29N5O4/c1-29-21-14-16(6-3-2-4-13-27-23(32)17-7-5-8-18(26)15-17)9-10-19(21)30(25(29)34)20-11-12-22(31)28-24(20)33/h5,7-10,14-15,20H,2-4,6,11-13,26H2,1H3,(H,27,32)(H,28,31,33). The van der Waals surface area contributed by atoms with Crippen LogP contribution >= 0.6 is 0 Å². The van der Waals surface area contributed by atoms with Crippen LogP contribution in [0.2, 0.25) is 0 Å². The maximum atomic E-state index is 12.9. The van der Waals surface area contributed by atoms with Gasteiger partial charge in [-0.05, 0) is 61.6 Å². The Morgan fingerprint density at radius 1 is 1.09 bits per heavy atom. The van der Waals surface area contributed by atoms with E-state index in [9.17, 15) is 19.2 Å². The number of nitrogens with zero attached hydrogens (tertiary/aromatic N) is 2. The van der Waals surface area contributed by atoms with Crippen molar-refractivity contribution in [2.75, 3.05) is 12.3 Å². The monoisotopic (exact) mass is 463 g/mol. The molecule has 9 nitrogen and oxygen atoms in total. The zero-order valence-electron chi connectivity index (χ0n) is 19.2. The minimum Gasteiger partial charge on any atom is -0.399 e. The SMILES string of the molecule is Cn1c(=O)n(C2CCC(=O)NC2=O)c2ccc(CCCCCNC(=O)c3cccc(N)c3)cc21. The molecule has 1 saturated heterocycles. The molecule has 3 amide bonds. The third kappa shape index (κ3) is 4.88. The number of amides is 3. The van der Waals surface area contributed by atoms with Crippen LogP contribution in [0, 0.1) is 0 Å². The van der Waals surface area contributed by atoms with E-state index in [4.69, 9.17) is 5.73 Å². The Kier molecular flexibility index (Phi) is 6.81. The molecule has 1 atom stereocenters. The fourth-order valence-electron chi connectivity index (χ4n) is 4.41. The first-order valence-corrected chi connectivity index (χ1v) is 11.5. The van der Waals surface area contributed by atoms with Crippen molar-refractivity contribution in [1.82, 2.24) is 19.8 Å². The van der Waals surface area contributed by atoms with Crippen LogP contribution in [-0.2, 0) is 23.1 Å². The molecule has 2 aromatic carbocycles. The van der Waals surface area contributed by atoms with Crippen molar-refractivity contribution in [2.45, 2.75) is 44.6 Å². The van der Waals surface area contributed by atoms with Crippen molar-refractivity contribution >= 4 is 34.4 Å². The van der Waals surface area contributed by atoms with Crippen molar-refractivity contribution < 1.29 is 14.4 Å². The molecule has 0 spiro atoms. The quantitative estimate of drug-likeness (QED) is 0.268. The number of piperidine rings is 1. The molecule has 3 aromatic rings. The van der Waals surface area contributed by atoms with Gasteiger partial charge in [-0.25, -0.2) is 4.79 Å². The summed E-state index contributed by atoms with van der Waals surface area (Å²) in [6.45, 7) is 0.593. The zero-order chi connectivity index (χ0) is 24.2. The van der Waals surface area contributed by atoms with Gasteiger partial charge in [0.2, 0.25) is 11.8 Å². The summed E-state index contributed by atoms with van der Waals surface area (Å²) in [6.07, 6.45) is 4.14. The van der Waals surface area contributed by atoms with E-state index in [0.717, 1.165) is 36.8 Å². The Bertz CT molecular complexity index is 1310. The number of carbonyl (C=O) groups excluding carboxylic acids is 3. The molecule has 1 fully saturated rings. The van der Waals surface area contributed by atoms with Gasteiger partial charge in [-0.2, -0.15) is 0 Å². The molecule has 0 radical (unpaired) electrons. The molecule has 1 unspecified atom stereocenters. The van der Waals surface area contributed by atoms with Crippen molar-refractivity contribution in [3.8, 4) is 0 Å². The van der Waals surface area contributed by atoms with E-state index >= 15 is 0 Å². The van der Waals surface area contributed by atoms with Crippen LogP contribution in [0.4, 0.5) is 5.69 Å². The molecule has 9 heteroatoms. The van der Waals surface area contributed by atoms with E-state index in [2.05, 4.69) is 10.6 Å². The third-order valence-corrected chi connectivity index (χ3v) is 6.25. The number of imidazole rings is 1. The van der Waals surface area contributed by atoms with Crippen LogP contribution in [0.15, 0.2) is 47.3 Å². The highest BCUT2D eigenvalue weighted by Gasteiger charge is 2.31. The Balaban J connectivity index is 1.32. The number of fused-ring (bicyclic) bond motifs is 1. The van der Waals surface area contributed by atoms with Gasteiger partial charge < -0.3 is 11.1 Å². The first-order chi connectivity index (χ1) is 16.3. The Labute approximate surface area is 196 Å². The summed E-state index contributed by atoms with van der Waals surface area (Å²) >= 11 is 0. The lowest BCUT2D eigenvalue weighted by atomic mass is 10.0. The lowest BCUT2D eigenvalue weighted by Gasteiger charge is -2.21. The first kappa shape index (κ1) is 23.3. The number of nitrogens with two attached hydrogens (primary N) is 1. The van der Waals surface area contributed by atoms with Crippen LogP contribution in [-0.4, -0.2) is 33.4 Å². The molecular formula is C25H29N5O4. The van der Waals surface area contributed by atoms with Gasteiger partial charge in [0.25, 0.3) is 5.91 Å². The molecule has 2 heterocycles. The van der Waals surface area contributed by atoms with Gasteiger partial charge in [-0.15, -0.1) is 0 Å². The number of aromatic nitrogens is 2. The molecule has 34 heavy (non-hydrogen) atoms. The molecule has 0 saturated carbocycles. The van der Waals surface area contributed by atoms with Gasteiger partial charge >= 0.3 is 5.69 Å². The van der Waals surface area contributed by atoms with Gasteiger partial charge in [0.1, 0.15) is 6.04 Å². The second-order valence-electron chi connectivity index (χ2n) is 8.69. The smallest absolute Gasteiger partial charge is 0.329 e. The molecular weight excluding hydrogens is 434 g/mol. The highest BCUT2D eigenvalue weighted by Crippen LogP contribution is 2.24. The van der Waals surface area contributed by atoms with E-state index in [1.54, 1.807) is 35.9 Å². The molecule has 0 aliphatic carbocycles. The average molecular weight is 464 g/mol. The van der Waals surface area contributed by atoms with Gasteiger partial charge in [0.05, 0.1) is 11.0 Å². The normalized spacial score (nSPS) is 16.0. The van der Waals surface area contributed by atoms with Crippen LogP contribution < -0.4 is 22.1 Å². The molecule has 4 rings (SSSR count). The molecule has 0 bridgehead atoms. The largest absolute Gasteiger partial charge is 0.399 e. The number of unbranched alkanes of at least 4 members (excludes halogenated alkanes) is 2. The fourth-order valence-corrected chi connectivity index (χ4v) is 4.41. The summed E-state index contributed by atoms with van der Waals surface area (Å²) in [5, 5.41) is 5.24. The second kappa shape index (κ2) is 9.94. The predicted molar refractivity (Wildman–Crippen MR) is 129 cm³/mol. The number of nitrogens with one attached hydrogen (secondary N) is 2. The number of rotatable bonds is 8. The summed E-state index contributed by atoms with van der Waals surface area (Å²) in [5.41, 5.74) is 9.13. The fraction of sp³-hybridized carbons (Fsp3) is 0.360. The number of hydrogen-bond donors (Lipinski definition) is 3. The molecule has 178 valence electrons. The summed E-state index contributed by atoms with van der Waals surface area (Å²) in [4.78, 5) is 48.8. The number of imide groups is 1. The summed E-state index contributed by atoms with van der Waals surface area (Å²) in [6, 6.07) is 12.1. The van der Waals surface area contributed by atoms with E-state index < -0.39 is 11.9 Å². The van der Waals surface area contributed by atoms with Crippen LogP contribution in [0.3, 0.4) is 0 Å². The third-order valence-electron chi connectivity index (χ3n) is 6.25. The second-order valence-corrected chi connectivity index (χ2v) is 8.69. The number of nitrogen functional groups attached to an aromatic ring is 1. The molecule has 1 aliphatic heterocycles. The maximum absolute atomic E-state index is 12.9. The topological polar surface area (TPSA) is 128 Å². The van der Waals surface area contributed by atoms with E-state index in [1.807, 2.05) is 18.2 Å². The van der Waals surface area contributed by atoms with Crippen molar-refractivity contribution in [2.24, 2.45) is 7.05 Å². The molecule has 1 aromatic heterocycles. The van der Waals surface area contributed by atoms with E-state index in [0.29, 0.717) is 29.7 Å². The minimum absolute atomic E-state index is 0.126. The number of aryl methyl sites for hydroxylation is 2. The molecule has 1 aliphatic rings. The van der Waals surface area contributed by atoms with Crippen molar-refractivity contribution in [3.05, 3.63) is 64.1 Å². The Morgan fingerprint density at radius 2 is 1.91 bits per heavy atom. The van der Waals surface area contributed by atoms with Gasteiger partial charge in [0.15, 0.2) is 0 Å². The van der Waals surface area contributed by atoms with Gasteiger partial charge in [-0.1, -0.05) is 18.6 Å². The zero-order valence-corrected chi connectivity index (χ0v) is 19.2. The van der Waals surface area contributed by atoms with Crippen LogP contribution in [0.1, 0.15) is 54.1 Å². The lowest BCUT2D eigenvalue weighted by molar-refractivity contribution is -0.135. The lowest BCUT2D eigenvalue weighted by Crippen LogP contribution is -2.44. The van der Waals surface area contributed by atoms with Crippen LogP contribution in [0.25, 0.3) is 11.0 Å². The summed E-state index contributed by atoms with van der Waals surface area (Å²) < 4.78 is 3.04. The summed E-state index contributed by atoms with van der Waals surface area (Å²) in [5.74, 6) is -0.863. The van der Waals surface area contributed by atoms with Gasteiger partial charge in [-0.3, -0.25) is 28.8 Å². The van der Waals surface area contributed by atoms with Gasteiger partial charge in [0, 0.05) is 31.3 Å². The van der Waals surface area contributed by atoms with E-state index in [1.165, 1.54) is 4.57 Å². The van der Waals surface area contributed by atoms with Crippen LogP contribution in [0.5, 0.6) is 0 Å². The predicted octanol–water partition coefficient (Wildman–Crippen LogP) is 2.04. The van der Waals surface area contributed by atoms with E-state index in [-0.39, 0.29) is 23.9 Å². The first-order valence-electron chi connectivity index (χ1n) is 11.5. The summed E-state index contributed by atoms with van der Waals surface area (Å²) in [7, 11) is 1.69. The van der Waals surface area contributed by atoms with Crippen molar-refractivity contribution in [3.63, 3.8) is 0 Å². The minimum atomic E-state index is -0.678. The number of anilines is 1. The highest BCUT2D eigenvalue weighted by atomic mass is 16.2. The Morgan fingerprint density at radius 3 is 2.68 bits per heavy atom. The van der Waals surface area contributed by atoms with Crippen molar-refractivity contribution in [1.29, 1.82) is 0 Å².